The summed E-state index contributed by atoms with van der Waals surface area (Å²) < 4.78 is 38.5. The van der Waals surface area contributed by atoms with Crippen LogP contribution in [0.15, 0.2) is 50.9 Å². The molecular formula is C22H24N4O7S. The summed E-state index contributed by atoms with van der Waals surface area (Å²) in [5, 5.41) is 2.70. The number of hydrogen-bond donors (Lipinski definition) is 3. The van der Waals surface area contributed by atoms with Gasteiger partial charge in [0, 0.05) is 18.7 Å². The zero-order valence-electron chi connectivity index (χ0n) is 18.6. The number of carbonyl (C=O) groups excluding carboxylic acids is 1. The van der Waals surface area contributed by atoms with E-state index in [-0.39, 0.29) is 40.9 Å². The van der Waals surface area contributed by atoms with Crippen molar-refractivity contribution >= 4 is 32.7 Å². The first kappa shape index (κ1) is 23.7. The molecule has 0 bridgehead atoms. The summed E-state index contributed by atoms with van der Waals surface area (Å²) >= 11 is 0. The first-order chi connectivity index (χ1) is 16.1. The Morgan fingerprint density at radius 2 is 1.71 bits per heavy atom. The summed E-state index contributed by atoms with van der Waals surface area (Å²) in [4.78, 5) is 41.0. The maximum absolute atomic E-state index is 13.1. The van der Waals surface area contributed by atoms with Crippen LogP contribution in [0.5, 0.6) is 5.75 Å². The predicted molar refractivity (Wildman–Crippen MR) is 125 cm³/mol. The van der Waals surface area contributed by atoms with Crippen LogP contribution in [0, 0.1) is 0 Å². The van der Waals surface area contributed by atoms with Crippen LogP contribution in [0.4, 0.5) is 5.69 Å². The van der Waals surface area contributed by atoms with Gasteiger partial charge < -0.3 is 24.8 Å². The third-order valence-electron chi connectivity index (χ3n) is 5.15. The van der Waals surface area contributed by atoms with Crippen LogP contribution < -0.4 is 21.2 Å². The number of fused-ring (bicyclic) bond motifs is 1. The minimum Gasteiger partial charge on any atom is -0.489 e. The van der Waals surface area contributed by atoms with E-state index in [2.05, 4.69) is 15.3 Å². The van der Waals surface area contributed by atoms with E-state index in [1.807, 2.05) is 13.8 Å². The van der Waals surface area contributed by atoms with Gasteiger partial charge in [-0.25, -0.2) is 8.42 Å². The van der Waals surface area contributed by atoms with Gasteiger partial charge in [0.05, 0.1) is 40.9 Å². The number of aromatic nitrogens is 2. The Labute approximate surface area is 194 Å². The Balaban J connectivity index is 1.69. The maximum Gasteiger partial charge on any atom is 0.314 e. The topological polar surface area (TPSA) is 151 Å². The molecule has 0 spiro atoms. The van der Waals surface area contributed by atoms with E-state index in [0.29, 0.717) is 24.5 Å². The largest absolute Gasteiger partial charge is 0.489 e. The number of rotatable bonds is 6. The first-order valence-corrected chi connectivity index (χ1v) is 12.1. The number of ether oxygens (including phenoxy) is 2. The molecule has 0 saturated carbocycles. The fourth-order valence-electron chi connectivity index (χ4n) is 3.51. The fourth-order valence-corrected chi connectivity index (χ4v) is 4.95. The molecule has 180 valence electrons. The summed E-state index contributed by atoms with van der Waals surface area (Å²) in [7, 11) is -3.79. The highest BCUT2D eigenvalue weighted by Crippen LogP contribution is 2.31. The number of nitrogens with zero attached hydrogens (tertiary/aromatic N) is 1. The molecule has 0 aliphatic carbocycles. The lowest BCUT2D eigenvalue weighted by Crippen LogP contribution is -2.40. The SMILES string of the molecule is CC(C)Oc1ccc(S(=O)(=O)N2CCOCC2)cc1NC(=O)c1ccc2[nH]c(=O)c(=O)[nH]c2c1. The summed E-state index contributed by atoms with van der Waals surface area (Å²) in [5.74, 6) is -0.244. The average Bonchev–Trinajstić information content (AvgIpc) is 2.80. The van der Waals surface area contributed by atoms with Crippen molar-refractivity contribution in [1.29, 1.82) is 0 Å². The number of nitrogens with one attached hydrogen (secondary N) is 3. The van der Waals surface area contributed by atoms with Crippen molar-refractivity contribution < 1.29 is 22.7 Å². The molecule has 1 amide bonds. The van der Waals surface area contributed by atoms with E-state index in [4.69, 9.17) is 9.47 Å². The van der Waals surface area contributed by atoms with Crippen LogP contribution in [-0.4, -0.2) is 61.0 Å². The number of amides is 1. The molecule has 1 aromatic heterocycles. The zero-order valence-corrected chi connectivity index (χ0v) is 19.4. The molecule has 4 rings (SSSR count). The average molecular weight is 489 g/mol. The van der Waals surface area contributed by atoms with Crippen molar-refractivity contribution in [3.05, 3.63) is 62.7 Å². The number of morpholine rings is 1. The van der Waals surface area contributed by atoms with Gasteiger partial charge >= 0.3 is 11.1 Å². The summed E-state index contributed by atoms with van der Waals surface area (Å²) in [5.41, 5.74) is -0.615. The van der Waals surface area contributed by atoms with Crippen molar-refractivity contribution in [1.82, 2.24) is 14.3 Å². The highest BCUT2D eigenvalue weighted by Gasteiger charge is 2.27. The number of benzene rings is 2. The van der Waals surface area contributed by atoms with Gasteiger partial charge in [-0.1, -0.05) is 0 Å². The Morgan fingerprint density at radius 1 is 1.03 bits per heavy atom. The molecule has 0 radical (unpaired) electrons. The fraction of sp³-hybridized carbons (Fsp3) is 0.318. The quantitative estimate of drug-likeness (QED) is 0.442. The van der Waals surface area contributed by atoms with E-state index in [0.717, 1.165) is 0 Å². The first-order valence-electron chi connectivity index (χ1n) is 10.6. The molecule has 2 heterocycles. The van der Waals surface area contributed by atoms with E-state index in [1.54, 1.807) is 0 Å². The third kappa shape index (κ3) is 4.88. The summed E-state index contributed by atoms with van der Waals surface area (Å²) in [6.07, 6.45) is -0.222. The van der Waals surface area contributed by atoms with E-state index in [9.17, 15) is 22.8 Å². The van der Waals surface area contributed by atoms with Gasteiger partial charge in [0.15, 0.2) is 0 Å². The van der Waals surface area contributed by atoms with Crippen molar-refractivity contribution in [2.24, 2.45) is 0 Å². The standard InChI is InChI=1S/C22H24N4O7S/c1-13(2)33-19-6-4-15(34(30,31)26-7-9-32-10-8-26)12-18(19)25-20(27)14-3-5-16-17(11-14)24-22(29)21(28)23-16/h3-6,11-13H,7-10H2,1-2H3,(H,23,28)(H,24,29)(H,25,27). The molecule has 2 aromatic carbocycles. The lowest BCUT2D eigenvalue weighted by molar-refractivity contribution is 0.0730. The molecule has 1 aliphatic heterocycles. The van der Waals surface area contributed by atoms with Crippen LogP contribution in [0.2, 0.25) is 0 Å². The highest BCUT2D eigenvalue weighted by molar-refractivity contribution is 7.89. The van der Waals surface area contributed by atoms with Crippen molar-refractivity contribution in [3.63, 3.8) is 0 Å². The molecule has 11 nitrogen and oxygen atoms in total. The lowest BCUT2D eigenvalue weighted by atomic mass is 10.1. The summed E-state index contributed by atoms with van der Waals surface area (Å²) in [6, 6.07) is 8.69. The van der Waals surface area contributed by atoms with Gasteiger partial charge in [0.25, 0.3) is 5.91 Å². The molecule has 1 saturated heterocycles. The van der Waals surface area contributed by atoms with E-state index >= 15 is 0 Å². The number of carbonyl (C=O) groups is 1. The number of H-pyrrole nitrogens is 2. The molecule has 34 heavy (non-hydrogen) atoms. The van der Waals surface area contributed by atoms with Crippen molar-refractivity contribution in [2.45, 2.75) is 24.8 Å². The maximum atomic E-state index is 13.1. The third-order valence-corrected chi connectivity index (χ3v) is 7.05. The van der Waals surface area contributed by atoms with E-state index < -0.39 is 27.0 Å². The van der Waals surface area contributed by atoms with Gasteiger partial charge in [-0.05, 0) is 50.2 Å². The Hall–Kier alpha value is -3.48. The highest BCUT2D eigenvalue weighted by atomic mass is 32.2. The smallest absolute Gasteiger partial charge is 0.314 e. The van der Waals surface area contributed by atoms with Crippen LogP contribution in [0.25, 0.3) is 11.0 Å². The second-order valence-corrected chi connectivity index (χ2v) is 9.90. The molecular weight excluding hydrogens is 464 g/mol. The minimum absolute atomic E-state index is 0.0150. The van der Waals surface area contributed by atoms with Crippen molar-refractivity contribution in [3.8, 4) is 5.75 Å². The monoisotopic (exact) mass is 488 g/mol. The van der Waals surface area contributed by atoms with Gasteiger partial charge in [-0.3, -0.25) is 14.4 Å². The number of anilines is 1. The Bertz CT molecular complexity index is 1450. The molecule has 0 unspecified atom stereocenters. The van der Waals surface area contributed by atoms with Crippen LogP contribution >= 0.6 is 0 Å². The molecule has 3 aromatic rings. The molecule has 0 atom stereocenters. The van der Waals surface area contributed by atoms with Gasteiger partial charge in [-0.15, -0.1) is 0 Å². The number of sulfonamides is 1. The second kappa shape index (κ2) is 9.41. The van der Waals surface area contributed by atoms with Crippen molar-refractivity contribution in [2.75, 3.05) is 31.6 Å². The van der Waals surface area contributed by atoms with Gasteiger partial charge in [0.1, 0.15) is 5.75 Å². The van der Waals surface area contributed by atoms with Crippen LogP contribution in [0.3, 0.4) is 0 Å². The zero-order chi connectivity index (χ0) is 24.5. The minimum atomic E-state index is -3.79. The molecule has 1 aliphatic rings. The molecule has 12 heteroatoms. The predicted octanol–water partition coefficient (Wildman–Crippen LogP) is 1.28. The Morgan fingerprint density at radius 3 is 2.38 bits per heavy atom. The normalized spacial score (nSPS) is 14.9. The molecule has 3 N–H and O–H groups in total. The van der Waals surface area contributed by atoms with E-state index in [1.165, 1.54) is 40.7 Å². The molecule has 1 fully saturated rings. The van der Waals surface area contributed by atoms with Crippen LogP contribution in [-0.2, 0) is 14.8 Å². The summed E-state index contributed by atoms with van der Waals surface area (Å²) in [6.45, 7) is 4.73. The van der Waals surface area contributed by atoms with Gasteiger partial charge in [-0.2, -0.15) is 4.31 Å². The van der Waals surface area contributed by atoms with Gasteiger partial charge in [0.2, 0.25) is 10.0 Å². The number of hydrogen-bond acceptors (Lipinski definition) is 7. The number of aromatic amines is 2. The van der Waals surface area contributed by atoms with Crippen LogP contribution in [0.1, 0.15) is 24.2 Å². The Kier molecular flexibility index (Phi) is 6.55. The lowest BCUT2D eigenvalue weighted by Gasteiger charge is -2.26. The second-order valence-electron chi connectivity index (χ2n) is 7.96.